The fourth-order valence-electron chi connectivity index (χ4n) is 7.41. The molecule has 0 aromatic heterocycles. The normalized spacial score (nSPS) is 19.9. The number of aryl methyl sites for hydroxylation is 1. The maximum absolute atomic E-state index is 14.2. The Morgan fingerprint density at radius 3 is 1.55 bits per heavy atom. The van der Waals surface area contributed by atoms with Gasteiger partial charge in [-0.3, -0.25) is 0 Å². The lowest BCUT2D eigenvalue weighted by Gasteiger charge is -2.50. The molecule has 0 spiro atoms. The number of carbonyl (C=O) groups is 4. The van der Waals surface area contributed by atoms with Crippen LogP contribution in [0.25, 0.3) is 0 Å². The number of hydrogen-bond donors (Lipinski definition) is 2. The molecule has 0 unspecified atom stereocenters. The van der Waals surface area contributed by atoms with E-state index in [4.69, 9.17) is 23.7 Å². The van der Waals surface area contributed by atoms with E-state index in [2.05, 4.69) is 12.2 Å². The molecule has 11 nitrogen and oxygen atoms in total. The number of esters is 4. The average molecular weight is 834 g/mol. The predicted octanol–water partition coefficient (Wildman–Crippen LogP) is 8.35. The molecule has 1 heterocycles. The second-order valence-corrected chi connectivity index (χ2v) is 14.9. The third-order valence-corrected chi connectivity index (χ3v) is 10.8. The van der Waals surface area contributed by atoms with Gasteiger partial charge in [-0.15, -0.1) is 0 Å². The lowest BCUT2D eigenvalue weighted by molar-refractivity contribution is -0.360. The van der Waals surface area contributed by atoms with Gasteiger partial charge >= 0.3 is 23.9 Å². The van der Waals surface area contributed by atoms with Gasteiger partial charge in [-0.25, -0.2) is 19.2 Å². The van der Waals surface area contributed by atoms with Crippen molar-refractivity contribution in [2.75, 3.05) is 12.4 Å². The van der Waals surface area contributed by atoms with Crippen molar-refractivity contribution in [3.63, 3.8) is 0 Å². The molecule has 0 saturated carbocycles. The number of anilines is 1. The van der Waals surface area contributed by atoms with Gasteiger partial charge in [-0.05, 0) is 97.1 Å². The fraction of sp³-hybridized carbons (Fsp3) is 0.216. The van der Waals surface area contributed by atoms with E-state index >= 15 is 0 Å². The smallest absolute Gasteiger partial charge is 0.338 e. The van der Waals surface area contributed by atoms with Crippen LogP contribution in [-0.2, 0) is 42.3 Å². The van der Waals surface area contributed by atoms with Crippen LogP contribution < -0.4 is 5.32 Å². The van der Waals surface area contributed by atoms with Gasteiger partial charge in [0.25, 0.3) is 0 Å². The van der Waals surface area contributed by atoms with Crippen LogP contribution in [0.3, 0.4) is 0 Å². The summed E-state index contributed by atoms with van der Waals surface area (Å²) in [6.45, 7) is 3.58. The SMILES string of the molecule is CCc1ccc(Cc2ccc(NC)cc2[C@@]2(O)O[C@H]([C@H](C)OC(=O)c3ccccc3)[C@@H](OC(=O)c3ccccc3)[C@H](OC(=O)c3ccccc3)[C@H]2OC(=O)c2ccccc2)cc1. The van der Waals surface area contributed by atoms with Crippen LogP contribution in [0.15, 0.2) is 164 Å². The lowest BCUT2D eigenvalue weighted by atomic mass is 9.83. The van der Waals surface area contributed by atoms with Crippen molar-refractivity contribution < 1.29 is 48.0 Å². The largest absolute Gasteiger partial charge is 0.456 e. The van der Waals surface area contributed by atoms with Gasteiger partial charge < -0.3 is 34.1 Å². The van der Waals surface area contributed by atoms with E-state index in [0.29, 0.717) is 17.7 Å². The van der Waals surface area contributed by atoms with Crippen LogP contribution in [0, 0.1) is 0 Å². The van der Waals surface area contributed by atoms with Crippen LogP contribution in [0.5, 0.6) is 0 Å². The van der Waals surface area contributed by atoms with E-state index in [1.165, 1.54) is 43.3 Å². The average Bonchev–Trinajstić information content (AvgIpc) is 3.32. The molecule has 1 aliphatic rings. The van der Waals surface area contributed by atoms with Crippen LogP contribution in [0.4, 0.5) is 5.69 Å². The first-order valence-electron chi connectivity index (χ1n) is 20.4. The molecular formula is C51H47NO10. The van der Waals surface area contributed by atoms with Crippen molar-refractivity contribution in [2.24, 2.45) is 0 Å². The van der Waals surface area contributed by atoms with Gasteiger partial charge in [-0.1, -0.05) is 110 Å². The maximum atomic E-state index is 14.2. The highest BCUT2D eigenvalue weighted by molar-refractivity contribution is 5.92. The molecule has 316 valence electrons. The van der Waals surface area contributed by atoms with E-state index in [9.17, 15) is 24.3 Å². The molecule has 6 aromatic carbocycles. The van der Waals surface area contributed by atoms with Crippen molar-refractivity contribution in [2.45, 2.75) is 63.0 Å². The molecule has 7 rings (SSSR count). The van der Waals surface area contributed by atoms with Crippen molar-refractivity contribution in [1.82, 2.24) is 0 Å². The van der Waals surface area contributed by atoms with Gasteiger partial charge in [-0.2, -0.15) is 0 Å². The third-order valence-electron chi connectivity index (χ3n) is 10.8. The van der Waals surface area contributed by atoms with Gasteiger partial charge in [0.2, 0.25) is 11.9 Å². The Balaban J connectivity index is 1.43. The van der Waals surface area contributed by atoms with Crippen LogP contribution in [-0.4, -0.2) is 66.6 Å². The molecule has 62 heavy (non-hydrogen) atoms. The summed E-state index contributed by atoms with van der Waals surface area (Å²) in [4.78, 5) is 56.2. The Morgan fingerprint density at radius 2 is 1.06 bits per heavy atom. The minimum Gasteiger partial charge on any atom is -0.456 e. The minimum absolute atomic E-state index is 0.119. The van der Waals surface area contributed by atoms with Crippen LogP contribution >= 0.6 is 0 Å². The van der Waals surface area contributed by atoms with Gasteiger partial charge in [0.1, 0.15) is 12.2 Å². The summed E-state index contributed by atoms with van der Waals surface area (Å²) in [5, 5.41) is 16.7. The summed E-state index contributed by atoms with van der Waals surface area (Å²) in [5.41, 5.74) is 3.93. The zero-order valence-electron chi connectivity index (χ0n) is 34.5. The Kier molecular flexibility index (Phi) is 13.6. The maximum Gasteiger partial charge on any atom is 0.338 e. The summed E-state index contributed by atoms with van der Waals surface area (Å²) >= 11 is 0. The van der Waals surface area contributed by atoms with E-state index in [1.807, 2.05) is 36.4 Å². The van der Waals surface area contributed by atoms with Crippen LogP contribution in [0.1, 0.15) is 77.5 Å². The molecular weight excluding hydrogens is 787 g/mol. The number of nitrogens with one attached hydrogen (secondary N) is 1. The van der Waals surface area contributed by atoms with Gasteiger partial charge in [0.15, 0.2) is 12.2 Å². The summed E-state index contributed by atoms with van der Waals surface area (Å²) in [6, 6.07) is 45.9. The van der Waals surface area contributed by atoms with Gasteiger partial charge in [0, 0.05) is 18.3 Å². The molecule has 2 N–H and O–H groups in total. The highest BCUT2D eigenvalue weighted by Gasteiger charge is 2.62. The molecule has 0 radical (unpaired) electrons. The molecule has 11 heteroatoms. The van der Waals surface area contributed by atoms with Gasteiger partial charge in [0.05, 0.1) is 22.3 Å². The Labute approximate surface area is 360 Å². The summed E-state index contributed by atoms with van der Waals surface area (Å²) in [6.07, 6.45) is -7.03. The fourth-order valence-corrected chi connectivity index (χ4v) is 7.41. The monoisotopic (exact) mass is 833 g/mol. The summed E-state index contributed by atoms with van der Waals surface area (Å²) < 4.78 is 31.7. The Morgan fingerprint density at radius 1 is 0.613 bits per heavy atom. The molecule has 6 atom stereocenters. The second kappa shape index (κ2) is 19.5. The lowest BCUT2D eigenvalue weighted by Crippen LogP contribution is -2.68. The standard InChI is InChI=1S/C51H47NO10/c1-4-34-25-27-35(28-26-34)31-40-29-30-41(52-3)32-42(40)51(57)46(61-50(56)39-23-15-8-16-24-39)45(60-49(55)38-21-13-7-14-22-38)44(59-48(54)37-19-11-6-12-20-37)43(62-51)33(2)58-47(53)36-17-9-5-10-18-36/h5-30,32-33,43-46,52,57H,4,31H2,1-3H3/t33-,43+,44+,45-,46+,51+/m0/s1. The molecule has 1 fully saturated rings. The zero-order chi connectivity index (χ0) is 43.6. The topological polar surface area (TPSA) is 147 Å². The highest BCUT2D eigenvalue weighted by Crippen LogP contribution is 2.45. The number of carbonyl (C=O) groups excluding carboxylic acids is 4. The second-order valence-electron chi connectivity index (χ2n) is 14.9. The molecule has 0 bridgehead atoms. The van der Waals surface area contributed by atoms with Crippen molar-refractivity contribution in [3.8, 4) is 0 Å². The van der Waals surface area contributed by atoms with Crippen LogP contribution in [0.2, 0.25) is 0 Å². The minimum atomic E-state index is -2.66. The predicted molar refractivity (Wildman–Crippen MR) is 232 cm³/mol. The first kappa shape index (κ1) is 43.0. The first-order chi connectivity index (χ1) is 30.1. The quantitative estimate of drug-likeness (QED) is 0.0807. The van der Waals surface area contributed by atoms with E-state index in [0.717, 1.165) is 17.5 Å². The zero-order valence-corrected chi connectivity index (χ0v) is 34.5. The number of rotatable bonds is 14. The van der Waals surface area contributed by atoms with E-state index in [-0.39, 0.29) is 27.8 Å². The molecule has 1 aliphatic heterocycles. The number of benzene rings is 6. The van der Waals surface area contributed by atoms with Crippen molar-refractivity contribution in [3.05, 3.63) is 208 Å². The summed E-state index contributed by atoms with van der Waals surface area (Å²) in [7, 11) is 1.71. The molecule has 0 aliphatic carbocycles. The van der Waals surface area contributed by atoms with Crippen molar-refractivity contribution >= 4 is 29.6 Å². The molecule has 6 aromatic rings. The first-order valence-corrected chi connectivity index (χ1v) is 20.4. The number of hydrogen-bond acceptors (Lipinski definition) is 11. The summed E-state index contributed by atoms with van der Waals surface area (Å²) in [5.74, 6) is -6.02. The number of aliphatic hydroxyl groups is 1. The molecule has 1 saturated heterocycles. The Bertz CT molecular complexity index is 2460. The van der Waals surface area contributed by atoms with Crippen molar-refractivity contribution in [1.29, 1.82) is 0 Å². The third kappa shape index (κ3) is 9.76. The van der Waals surface area contributed by atoms with E-state index < -0.39 is 60.2 Å². The Hall–Kier alpha value is -7.08. The highest BCUT2D eigenvalue weighted by atomic mass is 16.7. The number of ether oxygens (including phenoxy) is 5. The molecule has 0 amide bonds. The van der Waals surface area contributed by atoms with E-state index in [1.54, 1.807) is 98.0 Å².